The van der Waals surface area contributed by atoms with Crippen molar-refractivity contribution in [2.75, 3.05) is 5.32 Å². The number of nitrogens with one attached hydrogen (secondary N) is 1. The highest BCUT2D eigenvalue weighted by atomic mass is 32.1. The van der Waals surface area contributed by atoms with Crippen molar-refractivity contribution in [1.29, 1.82) is 0 Å². The van der Waals surface area contributed by atoms with Gasteiger partial charge in [0.25, 0.3) is 0 Å². The summed E-state index contributed by atoms with van der Waals surface area (Å²) in [6, 6.07) is 1.66. The maximum absolute atomic E-state index is 12.2. The Bertz CT molecular complexity index is 447. The van der Waals surface area contributed by atoms with E-state index in [0.717, 1.165) is 37.0 Å². The van der Waals surface area contributed by atoms with Crippen LogP contribution in [0.5, 0.6) is 0 Å². The molecule has 1 saturated carbocycles. The second-order valence-electron chi connectivity index (χ2n) is 5.00. The first-order chi connectivity index (χ1) is 9.18. The number of carbonyl (C=O) groups excluding carboxylic acids is 1. The number of carboxylic acids is 1. The molecule has 1 aliphatic rings. The van der Waals surface area contributed by atoms with Crippen molar-refractivity contribution in [3.8, 4) is 0 Å². The van der Waals surface area contributed by atoms with Gasteiger partial charge in [0.1, 0.15) is 4.88 Å². The van der Waals surface area contributed by atoms with Crippen LogP contribution in [0.3, 0.4) is 0 Å². The van der Waals surface area contributed by atoms with Crippen molar-refractivity contribution in [1.82, 2.24) is 0 Å². The van der Waals surface area contributed by atoms with Crippen LogP contribution in [-0.2, 0) is 4.79 Å². The summed E-state index contributed by atoms with van der Waals surface area (Å²) in [5, 5.41) is 13.5. The van der Waals surface area contributed by atoms with Crippen molar-refractivity contribution in [2.24, 2.45) is 5.92 Å². The molecule has 0 aliphatic heterocycles. The molecule has 1 fully saturated rings. The number of aromatic carboxylic acids is 1. The minimum atomic E-state index is -0.983. The van der Waals surface area contributed by atoms with E-state index in [-0.39, 0.29) is 16.7 Å². The lowest BCUT2D eigenvalue weighted by Crippen LogP contribution is -2.24. The summed E-state index contributed by atoms with van der Waals surface area (Å²) in [5.74, 6) is -0.979. The molecular weight excluding hydrogens is 262 g/mol. The number of hydrogen-bond donors (Lipinski definition) is 2. The Hall–Kier alpha value is -1.36. The summed E-state index contributed by atoms with van der Waals surface area (Å²) < 4.78 is 0. The smallest absolute Gasteiger partial charge is 0.348 e. The van der Waals surface area contributed by atoms with Gasteiger partial charge in [0, 0.05) is 5.92 Å². The van der Waals surface area contributed by atoms with Crippen LogP contribution in [0, 0.1) is 5.92 Å². The van der Waals surface area contributed by atoms with Crippen molar-refractivity contribution in [3.05, 3.63) is 16.3 Å². The first-order valence-corrected chi connectivity index (χ1v) is 7.68. The molecule has 0 unspecified atom stereocenters. The summed E-state index contributed by atoms with van der Waals surface area (Å²) >= 11 is 1.14. The van der Waals surface area contributed by atoms with Gasteiger partial charge < -0.3 is 10.4 Å². The van der Waals surface area contributed by atoms with Crippen LogP contribution in [0.4, 0.5) is 5.69 Å². The second-order valence-corrected chi connectivity index (χ2v) is 5.92. The standard InChI is InChI=1S/C14H19NO3S/c16-13(10-6-4-2-1-3-5-7-10)15-11-8-9-19-12(11)14(17)18/h8-10H,1-7H2,(H,15,16)(H,17,18). The average Bonchev–Trinajstić information content (AvgIpc) is 2.76. The number of amides is 1. The zero-order valence-corrected chi connectivity index (χ0v) is 11.7. The first-order valence-electron chi connectivity index (χ1n) is 6.80. The molecule has 1 aliphatic carbocycles. The Morgan fingerprint density at radius 2 is 1.79 bits per heavy atom. The zero-order chi connectivity index (χ0) is 13.7. The number of carbonyl (C=O) groups is 2. The third-order valence-corrected chi connectivity index (χ3v) is 4.50. The Labute approximate surface area is 116 Å². The van der Waals surface area contributed by atoms with E-state index in [2.05, 4.69) is 5.32 Å². The molecule has 1 aromatic rings. The molecule has 19 heavy (non-hydrogen) atoms. The van der Waals surface area contributed by atoms with Crippen LogP contribution >= 0.6 is 11.3 Å². The maximum Gasteiger partial charge on any atom is 0.348 e. The van der Waals surface area contributed by atoms with Gasteiger partial charge in [0.2, 0.25) is 5.91 Å². The van der Waals surface area contributed by atoms with E-state index >= 15 is 0 Å². The van der Waals surface area contributed by atoms with Gasteiger partial charge in [-0.25, -0.2) is 4.79 Å². The van der Waals surface area contributed by atoms with Crippen LogP contribution in [-0.4, -0.2) is 17.0 Å². The lowest BCUT2D eigenvalue weighted by molar-refractivity contribution is -0.120. The summed E-state index contributed by atoms with van der Waals surface area (Å²) in [6.45, 7) is 0. The Morgan fingerprint density at radius 3 is 2.42 bits per heavy atom. The average molecular weight is 281 g/mol. The van der Waals surface area contributed by atoms with Crippen LogP contribution in [0.25, 0.3) is 0 Å². The zero-order valence-electron chi connectivity index (χ0n) is 10.9. The van der Waals surface area contributed by atoms with Crippen molar-refractivity contribution in [2.45, 2.75) is 44.9 Å². The molecule has 4 nitrogen and oxygen atoms in total. The van der Waals surface area contributed by atoms with Crippen LogP contribution in [0.2, 0.25) is 0 Å². The van der Waals surface area contributed by atoms with Crippen molar-refractivity contribution >= 4 is 28.9 Å². The Balaban J connectivity index is 1.99. The summed E-state index contributed by atoms with van der Waals surface area (Å²) in [4.78, 5) is 23.4. The fraction of sp³-hybridized carbons (Fsp3) is 0.571. The predicted molar refractivity (Wildman–Crippen MR) is 75.7 cm³/mol. The van der Waals surface area contributed by atoms with Gasteiger partial charge in [0.15, 0.2) is 0 Å². The molecule has 0 atom stereocenters. The molecule has 0 bridgehead atoms. The summed E-state index contributed by atoms with van der Waals surface area (Å²) in [5.41, 5.74) is 0.435. The van der Waals surface area contributed by atoms with E-state index < -0.39 is 5.97 Å². The van der Waals surface area contributed by atoms with Crippen LogP contribution < -0.4 is 5.32 Å². The Morgan fingerprint density at radius 1 is 1.16 bits per heavy atom. The highest BCUT2D eigenvalue weighted by Gasteiger charge is 2.21. The van der Waals surface area contributed by atoms with E-state index in [4.69, 9.17) is 5.11 Å². The normalized spacial score (nSPS) is 17.5. The van der Waals surface area contributed by atoms with Gasteiger partial charge in [-0.2, -0.15) is 0 Å². The number of thiophene rings is 1. The molecule has 104 valence electrons. The molecule has 5 heteroatoms. The van der Waals surface area contributed by atoms with E-state index in [1.807, 2.05) is 0 Å². The maximum atomic E-state index is 12.2. The fourth-order valence-electron chi connectivity index (χ4n) is 2.53. The number of anilines is 1. The van der Waals surface area contributed by atoms with Crippen molar-refractivity contribution in [3.63, 3.8) is 0 Å². The third kappa shape index (κ3) is 3.80. The van der Waals surface area contributed by atoms with E-state index in [1.54, 1.807) is 11.4 Å². The van der Waals surface area contributed by atoms with Crippen LogP contribution in [0.15, 0.2) is 11.4 Å². The molecule has 0 spiro atoms. The lowest BCUT2D eigenvalue weighted by atomic mass is 9.90. The fourth-order valence-corrected chi connectivity index (χ4v) is 3.21. The van der Waals surface area contributed by atoms with E-state index in [0.29, 0.717) is 5.69 Å². The molecule has 1 amide bonds. The monoisotopic (exact) mass is 281 g/mol. The first kappa shape index (κ1) is 14.1. The molecule has 1 aromatic heterocycles. The quantitative estimate of drug-likeness (QED) is 0.886. The van der Waals surface area contributed by atoms with Gasteiger partial charge >= 0.3 is 5.97 Å². The number of hydrogen-bond acceptors (Lipinski definition) is 3. The van der Waals surface area contributed by atoms with Gasteiger partial charge in [0.05, 0.1) is 5.69 Å². The number of carboxylic acid groups (broad SMARTS) is 1. The minimum absolute atomic E-state index is 0.0252. The predicted octanol–water partition coefficient (Wildman–Crippen LogP) is 3.75. The highest BCUT2D eigenvalue weighted by molar-refractivity contribution is 7.12. The second kappa shape index (κ2) is 6.70. The third-order valence-electron chi connectivity index (χ3n) is 3.59. The van der Waals surface area contributed by atoms with E-state index in [9.17, 15) is 9.59 Å². The minimum Gasteiger partial charge on any atom is -0.477 e. The molecule has 0 radical (unpaired) electrons. The SMILES string of the molecule is O=C(O)c1sccc1NC(=O)C1CCCCCCC1. The summed E-state index contributed by atoms with van der Waals surface area (Å²) in [6.07, 6.45) is 7.67. The molecule has 0 saturated heterocycles. The van der Waals surface area contributed by atoms with Crippen LogP contribution in [0.1, 0.15) is 54.6 Å². The van der Waals surface area contributed by atoms with Gasteiger partial charge in [-0.05, 0) is 24.3 Å². The molecule has 2 N–H and O–H groups in total. The van der Waals surface area contributed by atoms with E-state index in [1.165, 1.54) is 19.3 Å². The molecule has 2 rings (SSSR count). The van der Waals surface area contributed by atoms with Gasteiger partial charge in [-0.15, -0.1) is 11.3 Å². The molecule has 1 heterocycles. The summed E-state index contributed by atoms with van der Waals surface area (Å²) in [7, 11) is 0. The molecule has 0 aromatic carbocycles. The largest absolute Gasteiger partial charge is 0.477 e. The lowest BCUT2D eigenvalue weighted by Gasteiger charge is -2.18. The van der Waals surface area contributed by atoms with Gasteiger partial charge in [-0.3, -0.25) is 4.79 Å². The Kier molecular flexibility index (Phi) is 4.96. The van der Waals surface area contributed by atoms with Gasteiger partial charge in [-0.1, -0.05) is 32.1 Å². The van der Waals surface area contributed by atoms with Crippen molar-refractivity contribution < 1.29 is 14.7 Å². The number of rotatable bonds is 3. The molecular formula is C14H19NO3S. The topological polar surface area (TPSA) is 66.4 Å². The highest BCUT2D eigenvalue weighted by Crippen LogP contribution is 2.26.